The number of likely N-dealkylation sites (tertiary alicyclic amines) is 1. The summed E-state index contributed by atoms with van der Waals surface area (Å²) in [7, 11) is 0. The van der Waals surface area contributed by atoms with Gasteiger partial charge in [-0.3, -0.25) is 14.4 Å². The molecule has 0 radical (unpaired) electrons. The summed E-state index contributed by atoms with van der Waals surface area (Å²) in [5, 5.41) is 7.60. The van der Waals surface area contributed by atoms with Crippen molar-refractivity contribution in [3.8, 4) is 0 Å². The highest BCUT2D eigenvalue weighted by Gasteiger charge is 2.34. The number of benzene rings is 1. The first-order valence-electron chi connectivity index (χ1n) is 10.8. The number of carbonyl (C=O) groups is 1. The number of pyridine rings is 1. The fourth-order valence-electron chi connectivity index (χ4n) is 4.25. The SMILES string of the molecule is CC1(n2cc(C(N)=O)c(Nc3ccnc(F)c3)n2)CCN(Cc2nc3ccccc3[nH]2)CC1. The van der Waals surface area contributed by atoms with Crippen molar-refractivity contribution >= 4 is 28.4 Å². The molecular formula is C23H25FN8O. The molecule has 0 bridgehead atoms. The van der Waals surface area contributed by atoms with Crippen LogP contribution in [0.3, 0.4) is 0 Å². The van der Waals surface area contributed by atoms with Gasteiger partial charge < -0.3 is 16.0 Å². The fourth-order valence-corrected chi connectivity index (χ4v) is 4.25. The van der Waals surface area contributed by atoms with Gasteiger partial charge in [-0.1, -0.05) is 12.1 Å². The third-order valence-electron chi connectivity index (χ3n) is 6.27. The number of rotatable bonds is 6. The summed E-state index contributed by atoms with van der Waals surface area (Å²) in [6.07, 6.45) is 4.71. The van der Waals surface area contributed by atoms with Crippen molar-refractivity contribution in [2.24, 2.45) is 5.73 Å². The largest absolute Gasteiger partial charge is 0.365 e. The zero-order valence-electron chi connectivity index (χ0n) is 18.3. The van der Waals surface area contributed by atoms with Gasteiger partial charge in [0, 0.05) is 37.2 Å². The van der Waals surface area contributed by atoms with Crippen molar-refractivity contribution in [2.45, 2.75) is 31.8 Å². The van der Waals surface area contributed by atoms with E-state index in [0.717, 1.165) is 49.3 Å². The Kier molecular flexibility index (Phi) is 5.29. The van der Waals surface area contributed by atoms with E-state index in [4.69, 9.17) is 5.73 Å². The number of para-hydroxylation sites is 2. The van der Waals surface area contributed by atoms with Crippen LogP contribution in [0.2, 0.25) is 0 Å². The molecule has 170 valence electrons. The van der Waals surface area contributed by atoms with Gasteiger partial charge in [-0.25, -0.2) is 9.97 Å². The summed E-state index contributed by atoms with van der Waals surface area (Å²) >= 11 is 0. The molecule has 5 rings (SSSR count). The molecular weight excluding hydrogens is 423 g/mol. The van der Waals surface area contributed by atoms with Crippen molar-refractivity contribution in [1.29, 1.82) is 0 Å². The number of imidazole rings is 1. The van der Waals surface area contributed by atoms with Gasteiger partial charge in [0.15, 0.2) is 5.82 Å². The molecule has 0 atom stereocenters. The molecule has 1 saturated heterocycles. The lowest BCUT2D eigenvalue weighted by atomic mass is 9.90. The Bertz CT molecular complexity index is 1270. The first-order valence-corrected chi connectivity index (χ1v) is 10.8. The van der Waals surface area contributed by atoms with Gasteiger partial charge in [-0.05, 0) is 38.0 Å². The number of piperidine rings is 1. The van der Waals surface area contributed by atoms with E-state index in [-0.39, 0.29) is 11.1 Å². The molecule has 1 fully saturated rings. The standard InChI is InChI=1S/C23H25FN8O/c1-23(7-10-31(11-8-23)14-20-28-17-4-2-3-5-18(17)29-20)32-13-16(21(25)33)22(30-32)27-15-6-9-26-19(24)12-15/h2-6,9,12-13H,7-8,10-11,14H2,1H3,(H2,25,33)(H,28,29)(H,26,27,30). The van der Waals surface area contributed by atoms with Crippen molar-refractivity contribution in [1.82, 2.24) is 29.6 Å². The third-order valence-corrected chi connectivity index (χ3v) is 6.27. The highest BCUT2D eigenvalue weighted by atomic mass is 19.1. The number of aromatic nitrogens is 5. The molecule has 10 heteroatoms. The third kappa shape index (κ3) is 4.29. The maximum Gasteiger partial charge on any atom is 0.254 e. The van der Waals surface area contributed by atoms with E-state index in [1.54, 1.807) is 12.3 Å². The zero-order valence-corrected chi connectivity index (χ0v) is 18.3. The smallest absolute Gasteiger partial charge is 0.254 e. The predicted octanol–water partition coefficient (Wildman–Crippen LogP) is 3.15. The van der Waals surface area contributed by atoms with E-state index in [9.17, 15) is 9.18 Å². The summed E-state index contributed by atoms with van der Waals surface area (Å²) in [6, 6.07) is 10.8. The van der Waals surface area contributed by atoms with Gasteiger partial charge in [0.25, 0.3) is 5.91 Å². The van der Waals surface area contributed by atoms with Crippen molar-refractivity contribution in [3.05, 3.63) is 66.1 Å². The minimum atomic E-state index is -0.621. The molecule has 4 aromatic rings. The van der Waals surface area contributed by atoms with Gasteiger partial charge in [-0.15, -0.1) is 0 Å². The first-order chi connectivity index (χ1) is 15.9. The highest BCUT2D eigenvalue weighted by molar-refractivity contribution is 5.98. The summed E-state index contributed by atoms with van der Waals surface area (Å²) in [4.78, 5) is 26.0. The molecule has 4 heterocycles. The molecule has 33 heavy (non-hydrogen) atoms. The molecule has 3 aromatic heterocycles. The Labute approximate surface area is 189 Å². The zero-order chi connectivity index (χ0) is 23.0. The lowest BCUT2D eigenvalue weighted by Gasteiger charge is -2.39. The number of halogens is 1. The van der Waals surface area contributed by atoms with Gasteiger partial charge in [0.2, 0.25) is 5.95 Å². The monoisotopic (exact) mass is 448 g/mol. The first kappa shape index (κ1) is 21.1. The van der Waals surface area contributed by atoms with Gasteiger partial charge >= 0.3 is 0 Å². The van der Waals surface area contributed by atoms with Crippen LogP contribution >= 0.6 is 0 Å². The fraction of sp³-hybridized carbons (Fsp3) is 0.304. The highest BCUT2D eigenvalue weighted by Crippen LogP contribution is 2.32. The Morgan fingerprint density at radius 3 is 2.79 bits per heavy atom. The van der Waals surface area contributed by atoms with E-state index >= 15 is 0 Å². The van der Waals surface area contributed by atoms with E-state index < -0.39 is 11.9 Å². The van der Waals surface area contributed by atoms with Crippen LogP contribution in [0.5, 0.6) is 0 Å². The Morgan fingerprint density at radius 1 is 1.27 bits per heavy atom. The number of amides is 1. The lowest BCUT2D eigenvalue weighted by molar-refractivity contribution is 0.0996. The number of H-pyrrole nitrogens is 1. The number of anilines is 2. The topological polar surface area (TPSA) is 118 Å². The van der Waals surface area contributed by atoms with E-state index in [1.807, 2.05) is 28.9 Å². The number of nitrogens with two attached hydrogens (primary N) is 1. The molecule has 0 spiro atoms. The summed E-state index contributed by atoms with van der Waals surface area (Å²) in [5.74, 6) is 0.0399. The number of hydrogen-bond acceptors (Lipinski definition) is 6. The number of hydrogen-bond donors (Lipinski definition) is 3. The molecule has 9 nitrogen and oxygen atoms in total. The lowest BCUT2D eigenvalue weighted by Crippen LogP contribution is -2.44. The number of fused-ring (bicyclic) bond motifs is 1. The van der Waals surface area contributed by atoms with Crippen molar-refractivity contribution in [2.75, 3.05) is 18.4 Å². The Hall–Kier alpha value is -3.79. The predicted molar refractivity (Wildman–Crippen MR) is 122 cm³/mol. The second-order valence-electron chi connectivity index (χ2n) is 8.67. The summed E-state index contributed by atoms with van der Waals surface area (Å²) < 4.78 is 15.3. The minimum absolute atomic E-state index is 0.262. The van der Waals surface area contributed by atoms with Crippen LogP contribution in [0, 0.1) is 5.95 Å². The van der Waals surface area contributed by atoms with Crippen LogP contribution in [0.15, 0.2) is 48.8 Å². The second kappa shape index (κ2) is 8.28. The number of nitrogens with one attached hydrogen (secondary N) is 2. The molecule has 1 amide bonds. The van der Waals surface area contributed by atoms with Gasteiger partial charge in [0.1, 0.15) is 11.4 Å². The molecule has 4 N–H and O–H groups in total. The molecule has 0 unspecified atom stereocenters. The van der Waals surface area contributed by atoms with Crippen molar-refractivity contribution in [3.63, 3.8) is 0 Å². The molecule has 0 saturated carbocycles. The van der Waals surface area contributed by atoms with Gasteiger partial charge in [0.05, 0.1) is 23.1 Å². The summed E-state index contributed by atoms with van der Waals surface area (Å²) in [5.41, 5.74) is 8.03. The van der Waals surface area contributed by atoms with E-state index in [0.29, 0.717) is 11.5 Å². The van der Waals surface area contributed by atoms with Gasteiger partial charge in [-0.2, -0.15) is 9.49 Å². The average Bonchev–Trinajstić information content (AvgIpc) is 3.40. The van der Waals surface area contributed by atoms with Crippen LogP contribution in [0.4, 0.5) is 15.9 Å². The van der Waals surface area contributed by atoms with E-state index in [1.165, 1.54) is 12.3 Å². The Balaban J connectivity index is 1.30. The molecule has 0 aliphatic carbocycles. The van der Waals surface area contributed by atoms with Crippen LogP contribution < -0.4 is 11.1 Å². The normalized spacial score (nSPS) is 16.2. The minimum Gasteiger partial charge on any atom is -0.365 e. The van der Waals surface area contributed by atoms with Crippen LogP contribution in [-0.2, 0) is 12.1 Å². The number of carbonyl (C=O) groups excluding carboxylic acids is 1. The number of primary amides is 1. The average molecular weight is 449 g/mol. The number of nitrogens with zero attached hydrogens (tertiary/aromatic N) is 5. The maximum atomic E-state index is 13.5. The van der Waals surface area contributed by atoms with E-state index in [2.05, 4.69) is 37.2 Å². The second-order valence-corrected chi connectivity index (χ2v) is 8.67. The quantitative estimate of drug-likeness (QED) is 0.390. The Morgan fingerprint density at radius 2 is 2.06 bits per heavy atom. The number of aromatic amines is 1. The summed E-state index contributed by atoms with van der Waals surface area (Å²) in [6.45, 7) is 4.59. The van der Waals surface area contributed by atoms with Crippen LogP contribution in [0.25, 0.3) is 11.0 Å². The maximum absolute atomic E-state index is 13.5. The van der Waals surface area contributed by atoms with Crippen LogP contribution in [0.1, 0.15) is 35.9 Å². The molecule has 1 aliphatic rings. The molecule has 1 aliphatic heterocycles. The van der Waals surface area contributed by atoms with Crippen LogP contribution in [-0.4, -0.2) is 48.6 Å². The molecule has 1 aromatic carbocycles. The van der Waals surface area contributed by atoms with Crippen molar-refractivity contribution < 1.29 is 9.18 Å².